The molecule has 2 heterocycles. The summed E-state index contributed by atoms with van der Waals surface area (Å²) in [4.78, 5) is 9.54. The predicted molar refractivity (Wildman–Crippen MR) is 102 cm³/mol. The minimum atomic E-state index is -0.269. The Kier molecular flexibility index (Phi) is 4.04. The number of hydrogen-bond acceptors (Lipinski definition) is 5. The summed E-state index contributed by atoms with van der Waals surface area (Å²) in [5, 5.41) is 1.88. The minimum Gasteiger partial charge on any atom is -0.484 e. The van der Waals surface area contributed by atoms with Crippen molar-refractivity contribution >= 4 is 43.1 Å². The first-order valence-electron chi connectivity index (χ1n) is 7.70. The van der Waals surface area contributed by atoms with Crippen molar-refractivity contribution in [2.24, 2.45) is 0 Å². The molecule has 3 nitrogen and oxygen atoms in total. The third-order valence-corrected chi connectivity index (χ3v) is 5.67. The number of ether oxygens (including phenoxy) is 1. The summed E-state index contributed by atoms with van der Waals surface area (Å²) in [5.41, 5.74) is 3.12. The van der Waals surface area contributed by atoms with Crippen molar-refractivity contribution in [3.05, 3.63) is 70.4 Å². The molecule has 0 aliphatic rings. The van der Waals surface area contributed by atoms with Gasteiger partial charge in [0.15, 0.2) is 0 Å². The lowest BCUT2D eigenvalue weighted by atomic mass is 10.3. The molecule has 0 unspecified atom stereocenters. The van der Waals surface area contributed by atoms with Gasteiger partial charge < -0.3 is 4.74 Å². The Morgan fingerprint density at radius 2 is 1.38 bits per heavy atom. The second-order valence-corrected chi connectivity index (χ2v) is 7.88. The molecule has 0 aliphatic carbocycles. The number of rotatable bonds is 4. The highest BCUT2D eigenvalue weighted by atomic mass is 32.1. The van der Waals surface area contributed by atoms with Crippen LogP contribution in [0.2, 0.25) is 0 Å². The van der Waals surface area contributed by atoms with Gasteiger partial charge in [0.25, 0.3) is 0 Å². The third-order valence-electron chi connectivity index (χ3n) is 3.51. The van der Waals surface area contributed by atoms with Crippen LogP contribution in [0.3, 0.4) is 0 Å². The summed E-state index contributed by atoms with van der Waals surface area (Å²) in [5.74, 6) is 0. The molecular weight excluding hydrogens is 336 g/mol. The Hall–Kier alpha value is -2.24. The van der Waals surface area contributed by atoms with Gasteiger partial charge in [-0.2, -0.15) is 0 Å². The molecule has 4 rings (SSSR count). The van der Waals surface area contributed by atoms with E-state index in [1.807, 2.05) is 50.2 Å². The van der Waals surface area contributed by atoms with E-state index in [0.717, 1.165) is 26.6 Å². The Morgan fingerprint density at radius 1 is 0.875 bits per heavy atom. The third kappa shape index (κ3) is 2.92. The topological polar surface area (TPSA) is 35.0 Å². The van der Waals surface area contributed by atoms with Crippen molar-refractivity contribution in [1.82, 2.24) is 9.97 Å². The van der Waals surface area contributed by atoms with Crippen LogP contribution in [0, 0.1) is 0 Å². The minimum absolute atomic E-state index is 0.269. The Labute approximate surface area is 148 Å². The van der Waals surface area contributed by atoms with Gasteiger partial charge in [0.1, 0.15) is 10.0 Å². The summed E-state index contributed by atoms with van der Waals surface area (Å²) < 4.78 is 8.40. The molecule has 0 radical (unpaired) electrons. The number of thiazole rings is 2. The maximum absolute atomic E-state index is 6.07. The second-order valence-electron chi connectivity index (χ2n) is 5.75. The molecule has 0 atom stereocenters. The zero-order valence-corrected chi connectivity index (χ0v) is 15.0. The standard InChI is InChI=1S/C19H16N2OS2/c1-12(2)11-22-17(18-20-13-7-3-5-9-15(13)23-18)19-21-14-8-4-6-10-16(14)24-19/h3-11,17H,1-2H3. The van der Waals surface area contributed by atoms with Gasteiger partial charge >= 0.3 is 0 Å². The molecule has 4 aromatic rings. The number of benzene rings is 2. The number of para-hydroxylation sites is 2. The van der Waals surface area contributed by atoms with Crippen molar-refractivity contribution < 1.29 is 4.74 Å². The van der Waals surface area contributed by atoms with E-state index in [-0.39, 0.29) is 6.10 Å². The van der Waals surface area contributed by atoms with Crippen LogP contribution in [0.25, 0.3) is 20.4 Å². The second kappa shape index (κ2) is 6.34. The average Bonchev–Trinajstić information content (AvgIpc) is 3.18. The predicted octanol–water partition coefficient (Wildman–Crippen LogP) is 5.94. The monoisotopic (exact) mass is 352 g/mol. The van der Waals surface area contributed by atoms with E-state index in [9.17, 15) is 0 Å². The molecule has 0 saturated carbocycles. The molecule has 0 bridgehead atoms. The van der Waals surface area contributed by atoms with Crippen LogP contribution >= 0.6 is 22.7 Å². The summed E-state index contributed by atoms with van der Waals surface area (Å²) in [6, 6.07) is 16.3. The zero-order valence-electron chi connectivity index (χ0n) is 13.4. The van der Waals surface area contributed by atoms with E-state index < -0.39 is 0 Å². The van der Waals surface area contributed by atoms with Gasteiger partial charge in [-0.05, 0) is 43.7 Å². The summed E-state index contributed by atoms with van der Waals surface area (Å²) in [7, 11) is 0. The van der Waals surface area contributed by atoms with Crippen LogP contribution in [0.4, 0.5) is 0 Å². The summed E-state index contributed by atoms with van der Waals surface area (Å²) >= 11 is 3.33. The average molecular weight is 352 g/mol. The molecule has 120 valence electrons. The molecule has 2 aromatic heterocycles. The quantitative estimate of drug-likeness (QED) is 0.427. The number of aromatic nitrogens is 2. The fourth-order valence-corrected chi connectivity index (χ4v) is 4.52. The molecular formula is C19H16N2OS2. The number of hydrogen-bond donors (Lipinski definition) is 0. The van der Waals surface area contributed by atoms with Crippen LogP contribution < -0.4 is 0 Å². The van der Waals surface area contributed by atoms with Gasteiger partial charge in [-0.1, -0.05) is 24.3 Å². The Balaban J connectivity index is 1.82. The van der Waals surface area contributed by atoms with Crippen molar-refractivity contribution in [3.8, 4) is 0 Å². The lowest BCUT2D eigenvalue weighted by Gasteiger charge is -2.11. The first-order valence-corrected chi connectivity index (χ1v) is 9.34. The van der Waals surface area contributed by atoms with Gasteiger partial charge in [0.2, 0.25) is 6.10 Å². The molecule has 0 amide bonds. The van der Waals surface area contributed by atoms with E-state index in [4.69, 9.17) is 14.7 Å². The molecule has 0 N–H and O–H groups in total. The van der Waals surface area contributed by atoms with Crippen molar-refractivity contribution in [2.45, 2.75) is 20.0 Å². The van der Waals surface area contributed by atoms with Crippen molar-refractivity contribution in [3.63, 3.8) is 0 Å². The first kappa shape index (κ1) is 15.3. The van der Waals surface area contributed by atoms with Crippen LogP contribution in [0.5, 0.6) is 0 Å². The molecule has 0 fully saturated rings. The van der Waals surface area contributed by atoms with Crippen LogP contribution in [-0.4, -0.2) is 9.97 Å². The maximum atomic E-state index is 6.07. The molecule has 24 heavy (non-hydrogen) atoms. The van der Waals surface area contributed by atoms with Gasteiger partial charge in [0, 0.05) is 0 Å². The Morgan fingerprint density at radius 3 is 1.83 bits per heavy atom. The molecule has 0 spiro atoms. The smallest absolute Gasteiger partial charge is 0.200 e. The number of fused-ring (bicyclic) bond motifs is 2. The van der Waals surface area contributed by atoms with Gasteiger partial charge in [0.05, 0.1) is 26.7 Å². The molecule has 0 saturated heterocycles. The van der Waals surface area contributed by atoms with E-state index >= 15 is 0 Å². The number of nitrogens with zero attached hydrogens (tertiary/aromatic N) is 2. The fourth-order valence-electron chi connectivity index (χ4n) is 2.43. The first-order chi connectivity index (χ1) is 11.7. The summed E-state index contributed by atoms with van der Waals surface area (Å²) in [6.45, 7) is 4.04. The largest absolute Gasteiger partial charge is 0.484 e. The van der Waals surface area contributed by atoms with E-state index in [1.54, 1.807) is 28.9 Å². The summed E-state index contributed by atoms with van der Waals surface area (Å²) in [6.07, 6.45) is 1.53. The normalized spacial score (nSPS) is 11.3. The van der Waals surface area contributed by atoms with Crippen LogP contribution in [0.15, 0.2) is 60.4 Å². The van der Waals surface area contributed by atoms with Crippen molar-refractivity contribution in [1.29, 1.82) is 0 Å². The fraction of sp³-hybridized carbons (Fsp3) is 0.158. The lowest BCUT2D eigenvalue weighted by molar-refractivity contribution is 0.180. The highest BCUT2D eigenvalue weighted by Gasteiger charge is 2.23. The SMILES string of the molecule is CC(C)=COC(c1nc2ccccc2s1)c1nc2ccccc2s1. The molecule has 0 aliphatic heterocycles. The van der Waals surface area contributed by atoms with Gasteiger partial charge in [-0.25, -0.2) is 9.97 Å². The van der Waals surface area contributed by atoms with E-state index in [1.165, 1.54) is 9.40 Å². The highest BCUT2D eigenvalue weighted by Crippen LogP contribution is 2.36. The van der Waals surface area contributed by atoms with Crippen LogP contribution in [0.1, 0.15) is 30.0 Å². The van der Waals surface area contributed by atoms with Crippen molar-refractivity contribution in [2.75, 3.05) is 0 Å². The maximum Gasteiger partial charge on any atom is 0.200 e. The van der Waals surface area contributed by atoms with Gasteiger partial charge in [-0.3, -0.25) is 0 Å². The van der Waals surface area contributed by atoms with E-state index in [0.29, 0.717) is 0 Å². The highest BCUT2D eigenvalue weighted by molar-refractivity contribution is 7.20. The zero-order chi connectivity index (χ0) is 16.5. The van der Waals surface area contributed by atoms with Gasteiger partial charge in [-0.15, -0.1) is 22.7 Å². The lowest BCUT2D eigenvalue weighted by Crippen LogP contribution is -2.02. The number of allylic oxidation sites excluding steroid dienone is 1. The molecule has 2 aromatic carbocycles. The van der Waals surface area contributed by atoms with Crippen LogP contribution in [-0.2, 0) is 4.74 Å². The van der Waals surface area contributed by atoms with E-state index in [2.05, 4.69) is 12.1 Å². The molecule has 5 heteroatoms. The Bertz CT molecular complexity index is 888.